The van der Waals surface area contributed by atoms with Crippen LogP contribution in [0.3, 0.4) is 0 Å². The third kappa shape index (κ3) is 5.64. The molecule has 148 valence electrons. The predicted molar refractivity (Wildman–Crippen MR) is 110 cm³/mol. The fraction of sp³-hybridized carbons (Fsp3) is 0.591. The first-order valence-corrected chi connectivity index (χ1v) is 10.0. The lowest BCUT2D eigenvalue weighted by molar-refractivity contribution is -0.0704. The molecule has 1 saturated heterocycles. The Morgan fingerprint density at radius 3 is 2.33 bits per heavy atom. The van der Waals surface area contributed by atoms with E-state index in [4.69, 9.17) is 4.74 Å². The quantitative estimate of drug-likeness (QED) is 0.816. The second-order valence-electron chi connectivity index (χ2n) is 8.89. The minimum atomic E-state index is 0.0870. The average Bonchev–Trinajstić information content (AvgIpc) is 3.04. The van der Waals surface area contributed by atoms with Gasteiger partial charge in [0.05, 0.1) is 18.4 Å². The molecular weight excluding hydrogens is 336 g/mol. The van der Waals surface area contributed by atoms with Crippen molar-refractivity contribution in [3.8, 4) is 0 Å². The highest BCUT2D eigenvalue weighted by atomic mass is 16.5. The maximum Gasteiger partial charge on any atom is 0.0678 e. The maximum atomic E-state index is 5.82. The van der Waals surface area contributed by atoms with Crippen molar-refractivity contribution < 1.29 is 4.74 Å². The molecule has 0 amide bonds. The largest absolute Gasteiger partial charge is 0.373 e. The smallest absolute Gasteiger partial charge is 0.0678 e. The van der Waals surface area contributed by atoms with Gasteiger partial charge in [0.2, 0.25) is 0 Å². The number of hydrogen-bond acceptors (Lipinski definition) is 4. The van der Waals surface area contributed by atoms with Crippen molar-refractivity contribution in [3.05, 3.63) is 52.8 Å². The zero-order valence-corrected chi connectivity index (χ0v) is 17.4. The van der Waals surface area contributed by atoms with E-state index < -0.39 is 0 Å². The van der Waals surface area contributed by atoms with E-state index in [1.807, 2.05) is 6.20 Å². The van der Waals surface area contributed by atoms with E-state index in [2.05, 4.69) is 79.3 Å². The van der Waals surface area contributed by atoms with Gasteiger partial charge >= 0.3 is 0 Å². The molecule has 0 bridgehead atoms. The molecule has 5 heteroatoms. The Kier molecular flexibility index (Phi) is 6.35. The standard InChI is InChI=1S/C22H34N4O/c1-16-13-26(14-17(2)27-16)15-19-8-6-18(7-9-19)10-23-11-20-12-24-25-21(20)22(3,4)5/h6-9,12,16-17,23H,10-11,13-15H2,1-5H3,(H,24,25). The Morgan fingerprint density at radius 2 is 1.70 bits per heavy atom. The van der Waals surface area contributed by atoms with Crippen LogP contribution in [-0.2, 0) is 29.8 Å². The first-order valence-electron chi connectivity index (χ1n) is 10.0. The Labute approximate surface area is 163 Å². The van der Waals surface area contributed by atoms with Crippen LogP contribution in [0.25, 0.3) is 0 Å². The Balaban J connectivity index is 1.49. The van der Waals surface area contributed by atoms with Crippen molar-refractivity contribution in [2.45, 2.75) is 71.9 Å². The van der Waals surface area contributed by atoms with Gasteiger partial charge in [0.25, 0.3) is 0 Å². The number of hydrogen-bond donors (Lipinski definition) is 2. The molecular formula is C22H34N4O. The number of H-pyrrole nitrogens is 1. The summed E-state index contributed by atoms with van der Waals surface area (Å²) < 4.78 is 5.82. The Morgan fingerprint density at radius 1 is 1.07 bits per heavy atom. The summed E-state index contributed by atoms with van der Waals surface area (Å²) in [5.74, 6) is 0. The number of rotatable bonds is 6. The summed E-state index contributed by atoms with van der Waals surface area (Å²) >= 11 is 0. The summed E-state index contributed by atoms with van der Waals surface area (Å²) in [5, 5.41) is 10.9. The minimum absolute atomic E-state index is 0.0870. The van der Waals surface area contributed by atoms with Crippen molar-refractivity contribution in [3.63, 3.8) is 0 Å². The second-order valence-corrected chi connectivity index (χ2v) is 8.89. The number of aromatic nitrogens is 2. The lowest BCUT2D eigenvalue weighted by Crippen LogP contribution is -2.44. The zero-order chi connectivity index (χ0) is 19.4. The monoisotopic (exact) mass is 370 g/mol. The number of morpholine rings is 1. The van der Waals surface area contributed by atoms with Gasteiger partial charge in [-0.05, 0) is 25.0 Å². The molecule has 2 heterocycles. The molecule has 0 spiro atoms. The minimum Gasteiger partial charge on any atom is -0.373 e. The van der Waals surface area contributed by atoms with Gasteiger partial charge in [0.1, 0.15) is 0 Å². The topological polar surface area (TPSA) is 53.2 Å². The van der Waals surface area contributed by atoms with Crippen LogP contribution in [0.15, 0.2) is 30.5 Å². The van der Waals surface area contributed by atoms with E-state index >= 15 is 0 Å². The van der Waals surface area contributed by atoms with E-state index in [9.17, 15) is 0 Å². The highest BCUT2D eigenvalue weighted by molar-refractivity contribution is 5.25. The molecule has 1 aliphatic rings. The van der Waals surface area contributed by atoms with Gasteiger partial charge < -0.3 is 10.1 Å². The lowest BCUT2D eigenvalue weighted by Gasteiger charge is -2.35. The van der Waals surface area contributed by atoms with Crippen molar-refractivity contribution >= 4 is 0 Å². The average molecular weight is 371 g/mol. The SMILES string of the molecule is CC1CN(Cc2ccc(CNCc3cn[nH]c3C(C)(C)C)cc2)CC(C)O1. The molecule has 2 unspecified atom stereocenters. The highest BCUT2D eigenvalue weighted by Crippen LogP contribution is 2.23. The first-order chi connectivity index (χ1) is 12.8. The maximum absolute atomic E-state index is 5.82. The van der Waals surface area contributed by atoms with Crippen molar-refractivity contribution in [1.29, 1.82) is 0 Å². The molecule has 2 N–H and O–H groups in total. The molecule has 1 aliphatic heterocycles. The third-order valence-corrected chi connectivity index (χ3v) is 5.04. The van der Waals surface area contributed by atoms with Crippen molar-refractivity contribution in [2.24, 2.45) is 0 Å². The molecule has 2 aromatic rings. The van der Waals surface area contributed by atoms with Crippen LogP contribution in [0.4, 0.5) is 0 Å². The third-order valence-electron chi connectivity index (χ3n) is 5.04. The molecule has 1 fully saturated rings. The molecule has 1 aromatic carbocycles. The number of benzene rings is 1. The first kappa shape index (κ1) is 20.1. The predicted octanol–water partition coefficient (Wildman–Crippen LogP) is 3.61. The number of aromatic amines is 1. The number of nitrogens with one attached hydrogen (secondary N) is 2. The Hall–Kier alpha value is -1.69. The summed E-state index contributed by atoms with van der Waals surface area (Å²) in [5.41, 5.74) is 5.21. The summed E-state index contributed by atoms with van der Waals surface area (Å²) in [6.07, 6.45) is 2.57. The second kappa shape index (κ2) is 8.55. The molecule has 0 saturated carbocycles. The van der Waals surface area contributed by atoms with Crippen LogP contribution in [0.5, 0.6) is 0 Å². The van der Waals surface area contributed by atoms with Crippen molar-refractivity contribution in [2.75, 3.05) is 13.1 Å². The summed E-state index contributed by atoms with van der Waals surface area (Å²) in [6.45, 7) is 15.6. The fourth-order valence-electron chi connectivity index (χ4n) is 3.87. The van der Waals surface area contributed by atoms with Gasteiger partial charge in [0.15, 0.2) is 0 Å². The summed E-state index contributed by atoms with van der Waals surface area (Å²) in [4.78, 5) is 2.49. The summed E-state index contributed by atoms with van der Waals surface area (Å²) in [6, 6.07) is 8.96. The molecule has 1 aromatic heterocycles. The van der Waals surface area contributed by atoms with Crippen LogP contribution in [-0.4, -0.2) is 40.4 Å². The van der Waals surface area contributed by atoms with Gasteiger partial charge in [-0.3, -0.25) is 10.00 Å². The Bertz CT molecular complexity index is 707. The van der Waals surface area contributed by atoms with Crippen LogP contribution in [0.1, 0.15) is 57.0 Å². The zero-order valence-electron chi connectivity index (χ0n) is 17.4. The fourth-order valence-corrected chi connectivity index (χ4v) is 3.87. The van der Waals surface area contributed by atoms with Crippen LogP contribution in [0, 0.1) is 0 Å². The molecule has 3 rings (SSSR count). The van der Waals surface area contributed by atoms with Gasteiger partial charge in [-0.1, -0.05) is 45.0 Å². The molecule has 27 heavy (non-hydrogen) atoms. The summed E-state index contributed by atoms with van der Waals surface area (Å²) in [7, 11) is 0. The molecule has 0 radical (unpaired) electrons. The van der Waals surface area contributed by atoms with E-state index in [1.54, 1.807) is 0 Å². The van der Waals surface area contributed by atoms with Crippen LogP contribution >= 0.6 is 0 Å². The van der Waals surface area contributed by atoms with Crippen LogP contribution < -0.4 is 5.32 Å². The lowest BCUT2D eigenvalue weighted by atomic mass is 9.89. The van der Waals surface area contributed by atoms with E-state index in [1.165, 1.54) is 22.4 Å². The van der Waals surface area contributed by atoms with E-state index in [0.29, 0.717) is 12.2 Å². The van der Waals surface area contributed by atoms with Gasteiger partial charge in [-0.15, -0.1) is 0 Å². The number of ether oxygens (including phenoxy) is 1. The molecule has 2 atom stereocenters. The normalized spacial score (nSPS) is 21.5. The van der Waals surface area contributed by atoms with Crippen LogP contribution in [0.2, 0.25) is 0 Å². The van der Waals surface area contributed by atoms with Crippen molar-refractivity contribution in [1.82, 2.24) is 20.4 Å². The molecule has 0 aliphatic carbocycles. The van der Waals surface area contributed by atoms with E-state index in [-0.39, 0.29) is 5.41 Å². The number of nitrogens with zero attached hydrogens (tertiary/aromatic N) is 2. The van der Waals surface area contributed by atoms with Gasteiger partial charge in [-0.2, -0.15) is 5.10 Å². The van der Waals surface area contributed by atoms with Gasteiger partial charge in [-0.25, -0.2) is 0 Å². The molecule has 5 nitrogen and oxygen atoms in total. The highest BCUT2D eigenvalue weighted by Gasteiger charge is 2.22. The van der Waals surface area contributed by atoms with Gasteiger partial charge in [0, 0.05) is 49.4 Å². The van der Waals surface area contributed by atoms with E-state index in [0.717, 1.165) is 32.7 Å².